The highest BCUT2D eigenvalue weighted by molar-refractivity contribution is 6.74. The summed E-state index contributed by atoms with van der Waals surface area (Å²) < 4.78 is 26.9. The van der Waals surface area contributed by atoms with Gasteiger partial charge in [-0.25, -0.2) is 14.1 Å². The number of ether oxygens (including phenoxy) is 1. The molecule has 0 saturated heterocycles. The standard InChI is InChI=1S/C44H56FN3O7Si/c1-11-34(26(2)3)40(51)46-28(5)39(50)21-29-12-14-30(15-13-29)25-54-43(53)48-36-23-38(49)27(4)20-35(36)41(52)47-24-32(31-16-18-33(45)19-17-31)22-37(47)42(48)55-56(9,10)44(6,7)8/h12-20,23-24,26,28,34,37,42,49H,11,21-22,25H2,1-10H3,(H,46,51)/t28-,34-,37-,42-/m0/s1. The molecular formula is C44H56FN3O7Si. The summed E-state index contributed by atoms with van der Waals surface area (Å²) in [4.78, 5) is 57.6. The lowest BCUT2D eigenvalue weighted by Crippen LogP contribution is -2.57. The summed E-state index contributed by atoms with van der Waals surface area (Å²) in [6, 6.07) is 14.9. The van der Waals surface area contributed by atoms with Crippen molar-refractivity contribution >= 4 is 43.3 Å². The van der Waals surface area contributed by atoms with E-state index in [2.05, 4.69) is 39.2 Å². The molecule has 0 fully saturated rings. The summed E-state index contributed by atoms with van der Waals surface area (Å²) in [6.07, 6.45) is 1.11. The molecule has 3 aromatic rings. The van der Waals surface area contributed by atoms with E-state index >= 15 is 0 Å². The third-order valence-corrected chi connectivity index (χ3v) is 16.0. The third kappa shape index (κ3) is 9.07. The molecule has 0 aromatic heterocycles. The van der Waals surface area contributed by atoms with Crippen LogP contribution in [0.5, 0.6) is 5.75 Å². The number of halogens is 1. The van der Waals surface area contributed by atoms with Gasteiger partial charge in [0, 0.05) is 24.6 Å². The summed E-state index contributed by atoms with van der Waals surface area (Å²) >= 11 is 0. The zero-order valence-corrected chi connectivity index (χ0v) is 35.2. The lowest BCUT2D eigenvalue weighted by Gasteiger charge is -2.44. The van der Waals surface area contributed by atoms with Gasteiger partial charge in [-0.05, 0) is 96.8 Å². The number of nitrogens with zero attached hydrogens (tertiary/aromatic N) is 2. The molecule has 5 rings (SSSR count). The molecule has 0 aliphatic carbocycles. The number of amides is 3. The number of phenolic OH excluding ortho intramolecular Hbond substituents is 1. The van der Waals surface area contributed by atoms with Crippen molar-refractivity contribution in [2.24, 2.45) is 11.8 Å². The van der Waals surface area contributed by atoms with Crippen LogP contribution in [-0.2, 0) is 31.8 Å². The normalized spacial score (nSPS) is 18.1. The van der Waals surface area contributed by atoms with E-state index in [1.54, 1.807) is 67.4 Å². The molecule has 0 unspecified atom stereocenters. The van der Waals surface area contributed by atoms with Crippen molar-refractivity contribution in [3.8, 4) is 5.75 Å². The molecule has 2 aliphatic heterocycles. The van der Waals surface area contributed by atoms with Gasteiger partial charge in [0.1, 0.15) is 18.2 Å². The van der Waals surface area contributed by atoms with Gasteiger partial charge < -0.3 is 24.5 Å². The Hall–Kier alpha value is -4.81. The van der Waals surface area contributed by atoms with E-state index in [-0.39, 0.29) is 70.3 Å². The van der Waals surface area contributed by atoms with E-state index < -0.39 is 32.7 Å². The predicted octanol–water partition coefficient (Wildman–Crippen LogP) is 8.90. The first-order valence-corrected chi connectivity index (χ1v) is 22.3. The zero-order valence-electron chi connectivity index (χ0n) is 34.2. The number of aromatic hydroxyl groups is 1. The fourth-order valence-corrected chi connectivity index (χ4v) is 8.16. The molecule has 2 heterocycles. The summed E-state index contributed by atoms with van der Waals surface area (Å²) in [6.45, 7) is 19.6. The number of phenols is 1. The number of rotatable bonds is 12. The first kappa shape index (κ1) is 42.3. The van der Waals surface area contributed by atoms with Gasteiger partial charge in [0.15, 0.2) is 20.3 Å². The number of hydrogen-bond acceptors (Lipinski definition) is 7. The van der Waals surface area contributed by atoms with Gasteiger partial charge in [0.05, 0.1) is 23.3 Å². The number of carbonyl (C=O) groups is 4. The first-order chi connectivity index (χ1) is 26.2. The number of nitrogens with one attached hydrogen (secondary N) is 1. The summed E-state index contributed by atoms with van der Waals surface area (Å²) in [7, 11) is -2.65. The molecule has 56 heavy (non-hydrogen) atoms. The van der Waals surface area contributed by atoms with Crippen molar-refractivity contribution in [2.75, 3.05) is 4.90 Å². The molecule has 2 N–H and O–H groups in total. The quantitative estimate of drug-likeness (QED) is 0.176. The van der Waals surface area contributed by atoms with E-state index in [4.69, 9.17) is 9.16 Å². The van der Waals surface area contributed by atoms with E-state index in [1.807, 2.05) is 20.8 Å². The van der Waals surface area contributed by atoms with Crippen molar-refractivity contribution < 1.29 is 37.8 Å². The number of ketones is 1. The number of fused-ring (bicyclic) bond motifs is 2. The lowest BCUT2D eigenvalue weighted by atomic mass is 9.92. The maximum Gasteiger partial charge on any atom is 0.416 e. The molecule has 3 aromatic carbocycles. The Kier molecular flexibility index (Phi) is 12.6. The van der Waals surface area contributed by atoms with E-state index in [0.717, 1.165) is 16.7 Å². The number of hydrogen-bond donors (Lipinski definition) is 2. The highest BCUT2D eigenvalue weighted by Crippen LogP contribution is 2.45. The van der Waals surface area contributed by atoms with Gasteiger partial charge in [-0.2, -0.15) is 0 Å². The number of aryl methyl sites for hydroxylation is 1. The number of benzene rings is 3. The molecule has 0 saturated carbocycles. The van der Waals surface area contributed by atoms with Crippen LogP contribution in [0.2, 0.25) is 18.1 Å². The highest BCUT2D eigenvalue weighted by Gasteiger charge is 2.51. The van der Waals surface area contributed by atoms with Crippen LogP contribution in [0.25, 0.3) is 5.57 Å². The predicted molar refractivity (Wildman–Crippen MR) is 218 cm³/mol. The van der Waals surface area contributed by atoms with Crippen LogP contribution < -0.4 is 10.2 Å². The van der Waals surface area contributed by atoms with Crippen LogP contribution >= 0.6 is 0 Å². The maximum atomic E-state index is 14.5. The van der Waals surface area contributed by atoms with E-state index in [9.17, 15) is 28.7 Å². The Balaban J connectivity index is 1.42. The first-order valence-electron chi connectivity index (χ1n) is 19.4. The van der Waals surface area contributed by atoms with Crippen LogP contribution in [0.15, 0.2) is 66.9 Å². The van der Waals surface area contributed by atoms with Crippen LogP contribution in [0.1, 0.15) is 93.9 Å². The highest BCUT2D eigenvalue weighted by atomic mass is 28.4. The van der Waals surface area contributed by atoms with Gasteiger partial charge in [0.2, 0.25) is 5.91 Å². The van der Waals surface area contributed by atoms with Crippen molar-refractivity contribution in [1.29, 1.82) is 0 Å². The molecule has 0 spiro atoms. The number of anilines is 1. The minimum atomic E-state index is -2.65. The molecule has 0 radical (unpaired) electrons. The molecular weight excluding hydrogens is 730 g/mol. The minimum absolute atomic E-state index is 0.0887. The lowest BCUT2D eigenvalue weighted by molar-refractivity contribution is -0.130. The van der Waals surface area contributed by atoms with Crippen molar-refractivity contribution in [1.82, 2.24) is 10.2 Å². The van der Waals surface area contributed by atoms with E-state index in [0.29, 0.717) is 24.0 Å². The maximum absolute atomic E-state index is 14.5. The van der Waals surface area contributed by atoms with Gasteiger partial charge in [0.25, 0.3) is 5.91 Å². The van der Waals surface area contributed by atoms with E-state index in [1.165, 1.54) is 23.1 Å². The smallest absolute Gasteiger partial charge is 0.416 e. The van der Waals surface area contributed by atoms with Crippen molar-refractivity contribution in [3.63, 3.8) is 0 Å². The second-order valence-corrected chi connectivity index (χ2v) is 21.7. The van der Waals surface area contributed by atoms with Gasteiger partial charge >= 0.3 is 6.09 Å². The fraction of sp³-hybridized carbons (Fsp3) is 0.455. The largest absolute Gasteiger partial charge is 0.508 e. The molecule has 3 amide bonds. The fourth-order valence-electron chi connectivity index (χ4n) is 6.94. The Bertz CT molecular complexity index is 1990. The third-order valence-electron chi connectivity index (χ3n) is 11.5. The van der Waals surface area contributed by atoms with Crippen molar-refractivity contribution in [3.05, 3.63) is 100 Å². The topological polar surface area (TPSA) is 125 Å². The van der Waals surface area contributed by atoms with Crippen LogP contribution in [0, 0.1) is 24.6 Å². The molecule has 300 valence electrons. The minimum Gasteiger partial charge on any atom is -0.508 e. The summed E-state index contributed by atoms with van der Waals surface area (Å²) in [5.41, 5.74) is 3.79. The van der Waals surface area contributed by atoms with Gasteiger partial charge in [-0.15, -0.1) is 0 Å². The second-order valence-electron chi connectivity index (χ2n) is 16.9. The second kappa shape index (κ2) is 16.7. The summed E-state index contributed by atoms with van der Waals surface area (Å²) in [5.74, 6) is -1.06. The van der Waals surface area contributed by atoms with Gasteiger partial charge in [-0.3, -0.25) is 14.4 Å². The monoisotopic (exact) mass is 785 g/mol. The number of carbonyl (C=O) groups excluding carboxylic acids is 4. The molecule has 2 aliphatic rings. The zero-order chi connectivity index (χ0) is 41.3. The molecule has 12 heteroatoms. The van der Waals surface area contributed by atoms with Gasteiger partial charge in [-0.1, -0.05) is 77.9 Å². The molecule has 10 nitrogen and oxygen atoms in total. The Morgan fingerprint density at radius 2 is 1.62 bits per heavy atom. The van der Waals surface area contributed by atoms with Crippen LogP contribution in [0.3, 0.4) is 0 Å². The SMILES string of the molecule is CC[C@H](C(=O)N[C@@H](C)C(=O)Cc1ccc(COC(=O)N2c3cc(O)c(C)cc3C(=O)N3C=C(c4ccc(F)cc4)C[C@H]3[C@@H]2O[Si](C)(C)C(C)(C)C)cc1)C(C)C. The Labute approximate surface area is 331 Å². The summed E-state index contributed by atoms with van der Waals surface area (Å²) in [5, 5.41) is 13.5. The molecule has 4 atom stereocenters. The average Bonchev–Trinajstić information content (AvgIpc) is 3.54. The van der Waals surface area contributed by atoms with Crippen molar-refractivity contribution in [2.45, 2.75) is 118 Å². The number of Topliss-reactive ketones (excluding diaryl/α,β-unsaturated/α-hetero) is 1. The average molecular weight is 786 g/mol. The Morgan fingerprint density at radius 3 is 2.21 bits per heavy atom. The van der Waals surface area contributed by atoms with Crippen LogP contribution in [0.4, 0.5) is 14.9 Å². The Morgan fingerprint density at radius 1 is 1.00 bits per heavy atom. The van der Waals surface area contributed by atoms with Crippen LogP contribution in [-0.4, -0.2) is 60.3 Å². The molecule has 0 bridgehead atoms.